The maximum atomic E-state index is 11.7. The zero-order valence-electron chi connectivity index (χ0n) is 15.1. The maximum Gasteiger partial charge on any atom is 0.191 e. The Hall–Kier alpha value is -1.56. The van der Waals surface area contributed by atoms with E-state index in [9.17, 15) is 8.42 Å². The fraction of sp³-hybridized carbons (Fsp3) is 0.611. The number of aryl methyl sites for hydroxylation is 1. The van der Waals surface area contributed by atoms with Gasteiger partial charge in [-0.3, -0.25) is 4.99 Å². The normalized spacial score (nSPS) is 17.8. The smallest absolute Gasteiger partial charge is 0.191 e. The van der Waals surface area contributed by atoms with Crippen molar-refractivity contribution in [1.82, 2.24) is 10.6 Å². The lowest BCUT2D eigenvalue weighted by Crippen LogP contribution is -2.41. The molecular formula is C18H29N3O2S. The number of hydrogen-bond acceptors (Lipinski definition) is 3. The third kappa shape index (κ3) is 4.97. The van der Waals surface area contributed by atoms with Crippen molar-refractivity contribution in [2.45, 2.75) is 51.0 Å². The number of hydrogen-bond donors (Lipinski definition) is 2. The lowest BCUT2D eigenvalue weighted by Gasteiger charge is -2.25. The van der Waals surface area contributed by atoms with Crippen molar-refractivity contribution >= 4 is 15.8 Å². The Morgan fingerprint density at radius 2 is 1.92 bits per heavy atom. The first-order valence-corrected chi connectivity index (χ1v) is 10.4. The summed E-state index contributed by atoms with van der Waals surface area (Å²) in [7, 11) is -1.40. The Bertz CT molecular complexity index is 705. The van der Waals surface area contributed by atoms with Gasteiger partial charge in [-0.05, 0) is 42.4 Å². The van der Waals surface area contributed by atoms with Gasteiger partial charge in [0.05, 0.1) is 4.90 Å². The molecule has 2 N–H and O–H groups in total. The quantitative estimate of drug-likeness (QED) is 0.632. The van der Waals surface area contributed by atoms with Crippen molar-refractivity contribution in [3.63, 3.8) is 0 Å². The molecule has 1 aliphatic rings. The number of nitrogens with one attached hydrogen (secondary N) is 2. The molecule has 0 spiro atoms. The van der Waals surface area contributed by atoms with Gasteiger partial charge in [0.25, 0.3) is 0 Å². The van der Waals surface area contributed by atoms with Crippen LogP contribution in [0.2, 0.25) is 0 Å². The minimum atomic E-state index is -3.17. The van der Waals surface area contributed by atoms with E-state index in [0.717, 1.165) is 23.6 Å². The first-order chi connectivity index (χ1) is 11.2. The molecule has 0 aliphatic heterocycles. The molecule has 1 fully saturated rings. The molecule has 5 nitrogen and oxygen atoms in total. The van der Waals surface area contributed by atoms with E-state index in [2.05, 4.69) is 22.5 Å². The predicted octanol–water partition coefficient (Wildman–Crippen LogP) is 2.64. The highest BCUT2D eigenvalue weighted by molar-refractivity contribution is 7.90. The van der Waals surface area contributed by atoms with Crippen LogP contribution in [-0.4, -0.2) is 34.2 Å². The lowest BCUT2D eigenvalue weighted by atomic mass is 9.89. The standard InChI is InChI=1S/C18H29N3O2S/c1-14-11-15(7-8-16(14)24(4,22)23)12-20-17(19-3)21-13-18(2)9-5-6-10-18/h7-8,11H,5-6,9-10,12-13H2,1-4H3,(H2,19,20,21). The highest BCUT2D eigenvalue weighted by Crippen LogP contribution is 2.36. The van der Waals surface area contributed by atoms with Crippen LogP contribution in [0.4, 0.5) is 0 Å². The topological polar surface area (TPSA) is 70.6 Å². The van der Waals surface area contributed by atoms with E-state index in [1.54, 1.807) is 13.1 Å². The van der Waals surface area contributed by atoms with E-state index < -0.39 is 9.84 Å². The van der Waals surface area contributed by atoms with Crippen LogP contribution in [0.5, 0.6) is 0 Å². The van der Waals surface area contributed by atoms with Crippen LogP contribution in [-0.2, 0) is 16.4 Å². The van der Waals surface area contributed by atoms with Crippen LogP contribution in [0.3, 0.4) is 0 Å². The van der Waals surface area contributed by atoms with Gasteiger partial charge in [-0.2, -0.15) is 0 Å². The Morgan fingerprint density at radius 1 is 1.25 bits per heavy atom. The van der Waals surface area contributed by atoms with Gasteiger partial charge in [0.1, 0.15) is 0 Å². The molecule has 1 aromatic rings. The van der Waals surface area contributed by atoms with Gasteiger partial charge in [0.15, 0.2) is 15.8 Å². The third-order valence-corrected chi connectivity index (χ3v) is 6.07. The van der Waals surface area contributed by atoms with Crippen molar-refractivity contribution in [2.75, 3.05) is 19.8 Å². The predicted molar refractivity (Wildman–Crippen MR) is 99.1 cm³/mol. The molecule has 0 atom stereocenters. The zero-order valence-corrected chi connectivity index (χ0v) is 16.0. The summed E-state index contributed by atoms with van der Waals surface area (Å²) in [4.78, 5) is 4.66. The molecule has 1 aromatic carbocycles. The summed E-state index contributed by atoms with van der Waals surface area (Å²) in [6.45, 7) is 5.70. The van der Waals surface area contributed by atoms with E-state index >= 15 is 0 Å². The molecule has 0 saturated heterocycles. The Morgan fingerprint density at radius 3 is 2.46 bits per heavy atom. The van der Waals surface area contributed by atoms with Gasteiger partial charge in [-0.15, -0.1) is 0 Å². The van der Waals surface area contributed by atoms with Crippen molar-refractivity contribution in [3.8, 4) is 0 Å². The third-order valence-electron chi connectivity index (χ3n) is 4.82. The second kappa shape index (κ2) is 7.55. The average molecular weight is 352 g/mol. The molecule has 1 aliphatic carbocycles. The number of nitrogens with zero attached hydrogens (tertiary/aromatic N) is 1. The van der Waals surface area contributed by atoms with Crippen LogP contribution < -0.4 is 10.6 Å². The SMILES string of the molecule is CN=C(NCc1ccc(S(C)(=O)=O)c(C)c1)NCC1(C)CCCC1. The highest BCUT2D eigenvalue weighted by atomic mass is 32.2. The summed E-state index contributed by atoms with van der Waals surface area (Å²) in [6.07, 6.45) is 6.40. The van der Waals surface area contributed by atoms with E-state index in [-0.39, 0.29) is 0 Å². The largest absolute Gasteiger partial charge is 0.356 e. The maximum absolute atomic E-state index is 11.7. The molecule has 134 valence electrons. The monoisotopic (exact) mass is 351 g/mol. The second-order valence-electron chi connectivity index (χ2n) is 7.17. The molecule has 0 amide bonds. The number of sulfone groups is 1. The molecule has 0 radical (unpaired) electrons. The first-order valence-electron chi connectivity index (χ1n) is 8.48. The fourth-order valence-electron chi connectivity index (χ4n) is 3.35. The first kappa shape index (κ1) is 18.8. The van der Waals surface area contributed by atoms with Crippen LogP contribution >= 0.6 is 0 Å². The summed E-state index contributed by atoms with van der Waals surface area (Å²) in [5, 5.41) is 6.72. The number of rotatable bonds is 5. The molecule has 24 heavy (non-hydrogen) atoms. The van der Waals surface area contributed by atoms with Gasteiger partial charge in [-0.1, -0.05) is 31.9 Å². The summed E-state index contributed by atoms with van der Waals surface area (Å²) in [5.41, 5.74) is 2.18. The molecule has 0 unspecified atom stereocenters. The Labute approximate surface area is 145 Å². The van der Waals surface area contributed by atoms with E-state index in [4.69, 9.17) is 0 Å². The van der Waals surface area contributed by atoms with Crippen LogP contribution in [0, 0.1) is 12.3 Å². The van der Waals surface area contributed by atoms with Crippen LogP contribution in [0.1, 0.15) is 43.7 Å². The lowest BCUT2D eigenvalue weighted by molar-refractivity contribution is 0.334. The number of benzene rings is 1. The molecule has 2 rings (SSSR count). The van der Waals surface area contributed by atoms with Crippen molar-refractivity contribution in [3.05, 3.63) is 29.3 Å². The van der Waals surface area contributed by atoms with Gasteiger partial charge in [0, 0.05) is 26.4 Å². The molecule has 1 saturated carbocycles. The summed E-state index contributed by atoms with van der Waals surface area (Å²) in [5.74, 6) is 0.785. The highest BCUT2D eigenvalue weighted by Gasteiger charge is 2.28. The Balaban J connectivity index is 1.92. The average Bonchev–Trinajstić information content (AvgIpc) is 2.93. The van der Waals surface area contributed by atoms with Crippen LogP contribution in [0.15, 0.2) is 28.1 Å². The summed E-state index contributed by atoms with van der Waals surface area (Å²) < 4.78 is 23.3. The van der Waals surface area contributed by atoms with Gasteiger partial charge in [-0.25, -0.2) is 8.42 Å². The fourth-order valence-corrected chi connectivity index (χ4v) is 4.31. The summed E-state index contributed by atoms with van der Waals surface area (Å²) in [6, 6.07) is 5.44. The minimum Gasteiger partial charge on any atom is -0.356 e. The molecular weight excluding hydrogens is 322 g/mol. The summed E-state index contributed by atoms with van der Waals surface area (Å²) >= 11 is 0. The van der Waals surface area contributed by atoms with Crippen LogP contribution in [0.25, 0.3) is 0 Å². The Kier molecular flexibility index (Phi) is 5.91. The van der Waals surface area contributed by atoms with E-state index in [1.807, 2.05) is 19.1 Å². The molecule has 0 heterocycles. The molecule has 0 bridgehead atoms. The van der Waals surface area contributed by atoms with E-state index in [1.165, 1.54) is 31.9 Å². The van der Waals surface area contributed by atoms with E-state index in [0.29, 0.717) is 16.9 Å². The van der Waals surface area contributed by atoms with Gasteiger partial charge >= 0.3 is 0 Å². The van der Waals surface area contributed by atoms with Gasteiger partial charge < -0.3 is 10.6 Å². The van der Waals surface area contributed by atoms with Crippen molar-refractivity contribution in [1.29, 1.82) is 0 Å². The second-order valence-corrected chi connectivity index (χ2v) is 9.15. The number of guanidine groups is 1. The molecule has 0 aromatic heterocycles. The zero-order chi connectivity index (χ0) is 17.8. The molecule has 6 heteroatoms. The van der Waals surface area contributed by atoms with Gasteiger partial charge in [0.2, 0.25) is 0 Å². The number of aliphatic imine (C=N–C) groups is 1. The van der Waals surface area contributed by atoms with Crippen molar-refractivity contribution < 1.29 is 8.42 Å². The minimum absolute atomic E-state index is 0.366. The van der Waals surface area contributed by atoms with Crippen molar-refractivity contribution in [2.24, 2.45) is 10.4 Å².